The molecule has 3 heteroatoms. The Hall–Kier alpha value is -1.87. The molecular weight excluding hydrogens is 248 g/mol. The highest BCUT2D eigenvalue weighted by molar-refractivity contribution is 5.19. The van der Waals surface area contributed by atoms with Crippen LogP contribution in [0.5, 0.6) is 5.88 Å². The van der Waals surface area contributed by atoms with Gasteiger partial charge in [-0.15, -0.1) is 0 Å². The molecule has 1 atom stereocenters. The van der Waals surface area contributed by atoms with E-state index in [2.05, 4.69) is 47.6 Å². The highest BCUT2D eigenvalue weighted by Crippen LogP contribution is 2.17. The molecule has 0 fully saturated rings. The molecule has 0 aliphatic rings. The first-order chi connectivity index (χ1) is 9.79. The third-order valence-electron chi connectivity index (χ3n) is 3.46. The lowest BCUT2D eigenvalue weighted by molar-refractivity contribution is 0.397. The van der Waals surface area contributed by atoms with Gasteiger partial charge >= 0.3 is 0 Å². The molecule has 0 saturated heterocycles. The summed E-state index contributed by atoms with van der Waals surface area (Å²) in [6.07, 6.45) is 2.99. The second-order valence-electron chi connectivity index (χ2n) is 4.99. The fourth-order valence-corrected chi connectivity index (χ4v) is 2.14. The zero-order valence-electron chi connectivity index (χ0n) is 12.2. The average Bonchev–Trinajstić information content (AvgIpc) is 2.53. The van der Waals surface area contributed by atoms with Gasteiger partial charge in [-0.05, 0) is 30.0 Å². The molecule has 0 amide bonds. The van der Waals surface area contributed by atoms with Crippen LogP contribution < -0.4 is 10.1 Å². The number of hydrogen-bond acceptors (Lipinski definition) is 3. The van der Waals surface area contributed by atoms with Gasteiger partial charge in [-0.1, -0.05) is 43.3 Å². The first-order valence-corrected chi connectivity index (χ1v) is 7.04. The smallest absolute Gasteiger partial charge is 0.212 e. The van der Waals surface area contributed by atoms with Crippen molar-refractivity contribution in [3.8, 4) is 5.88 Å². The number of aromatic nitrogens is 1. The van der Waals surface area contributed by atoms with E-state index in [1.54, 1.807) is 7.11 Å². The van der Waals surface area contributed by atoms with Crippen LogP contribution in [0.4, 0.5) is 0 Å². The van der Waals surface area contributed by atoms with E-state index in [4.69, 9.17) is 4.74 Å². The molecule has 106 valence electrons. The Morgan fingerprint density at radius 1 is 1.15 bits per heavy atom. The highest BCUT2D eigenvalue weighted by Gasteiger charge is 2.04. The number of rotatable bonds is 7. The Balaban J connectivity index is 1.70. The summed E-state index contributed by atoms with van der Waals surface area (Å²) in [4.78, 5) is 4.20. The number of pyridine rings is 1. The summed E-state index contributed by atoms with van der Waals surface area (Å²) in [5.74, 6) is 1.24. The van der Waals surface area contributed by atoms with E-state index in [1.165, 1.54) is 11.1 Å². The fourth-order valence-electron chi connectivity index (χ4n) is 2.14. The van der Waals surface area contributed by atoms with Crippen molar-refractivity contribution >= 4 is 0 Å². The predicted molar refractivity (Wildman–Crippen MR) is 82.0 cm³/mol. The molecule has 2 aromatic rings. The molecule has 3 nitrogen and oxygen atoms in total. The minimum atomic E-state index is 0.581. The van der Waals surface area contributed by atoms with Gasteiger partial charge in [0.15, 0.2) is 0 Å². The van der Waals surface area contributed by atoms with Crippen molar-refractivity contribution in [1.82, 2.24) is 10.3 Å². The molecular formula is C17H22N2O. The van der Waals surface area contributed by atoms with Gasteiger partial charge in [-0.3, -0.25) is 0 Å². The number of hydrogen-bond donors (Lipinski definition) is 1. The van der Waals surface area contributed by atoms with Crippen LogP contribution in [0.15, 0.2) is 48.7 Å². The third-order valence-corrected chi connectivity index (χ3v) is 3.46. The van der Waals surface area contributed by atoms with E-state index in [0.717, 1.165) is 19.5 Å². The Morgan fingerprint density at radius 3 is 2.60 bits per heavy atom. The summed E-state index contributed by atoms with van der Waals surface area (Å²) in [6.45, 7) is 4.12. The lowest BCUT2D eigenvalue weighted by atomic mass is 9.98. The highest BCUT2D eigenvalue weighted by atomic mass is 16.5. The Kier molecular flexibility index (Phi) is 5.56. The lowest BCUT2D eigenvalue weighted by Crippen LogP contribution is -2.16. The zero-order valence-corrected chi connectivity index (χ0v) is 12.2. The topological polar surface area (TPSA) is 34.1 Å². The second-order valence-corrected chi connectivity index (χ2v) is 4.99. The molecule has 0 spiro atoms. The van der Waals surface area contributed by atoms with E-state index in [-0.39, 0.29) is 0 Å². The van der Waals surface area contributed by atoms with Gasteiger partial charge < -0.3 is 10.1 Å². The molecule has 0 bridgehead atoms. The summed E-state index contributed by atoms with van der Waals surface area (Å²) in [6, 6.07) is 14.6. The molecule has 1 heterocycles. The molecule has 1 unspecified atom stereocenters. The zero-order chi connectivity index (χ0) is 14.2. The van der Waals surface area contributed by atoms with E-state index in [0.29, 0.717) is 11.8 Å². The first-order valence-electron chi connectivity index (χ1n) is 7.04. The van der Waals surface area contributed by atoms with Crippen LogP contribution in [0, 0.1) is 0 Å². The van der Waals surface area contributed by atoms with Gasteiger partial charge in [0.05, 0.1) is 7.11 Å². The maximum atomic E-state index is 5.04. The molecule has 0 aliphatic carbocycles. The molecule has 1 aromatic carbocycles. The summed E-state index contributed by atoms with van der Waals surface area (Å²) in [5, 5.41) is 3.46. The Morgan fingerprint density at radius 2 is 1.95 bits per heavy atom. The Labute approximate surface area is 121 Å². The first kappa shape index (κ1) is 14.5. The van der Waals surface area contributed by atoms with Crippen LogP contribution in [0.1, 0.15) is 30.4 Å². The van der Waals surface area contributed by atoms with Crippen LogP contribution in [-0.2, 0) is 6.54 Å². The van der Waals surface area contributed by atoms with Crippen LogP contribution in [0.2, 0.25) is 0 Å². The molecule has 0 saturated carbocycles. The van der Waals surface area contributed by atoms with E-state index >= 15 is 0 Å². The minimum Gasteiger partial charge on any atom is -0.481 e. The predicted octanol–water partition coefficient (Wildman–Crippen LogP) is 3.37. The van der Waals surface area contributed by atoms with Gasteiger partial charge in [-0.25, -0.2) is 4.98 Å². The number of nitrogens with one attached hydrogen (secondary N) is 1. The average molecular weight is 270 g/mol. The standard InChI is InChI=1S/C17H22N2O/c1-14(16-6-4-3-5-7-16)10-11-18-12-15-8-9-17(20-2)19-13-15/h3-9,13-14,18H,10-12H2,1-2H3. The maximum absolute atomic E-state index is 5.04. The molecule has 20 heavy (non-hydrogen) atoms. The van der Waals surface area contributed by atoms with Gasteiger partial charge in [0.1, 0.15) is 0 Å². The van der Waals surface area contributed by atoms with E-state index in [1.807, 2.05) is 18.3 Å². The van der Waals surface area contributed by atoms with Crippen molar-refractivity contribution in [2.75, 3.05) is 13.7 Å². The van der Waals surface area contributed by atoms with Crippen LogP contribution >= 0.6 is 0 Å². The monoisotopic (exact) mass is 270 g/mol. The molecule has 0 aliphatic heterocycles. The quantitative estimate of drug-likeness (QED) is 0.783. The summed E-state index contributed by atoms with van der Waals surface area (Å²) < 4.78 is 5.04. The Bertz CT molecular complexity index is 496. The van der Waals surface area contributed by atoms with Gasteiger partial charge in [0, 0.05) is 18.8 Å². The number of benzene rings is 1. The number of methoxy groups -OCH3 is 1. The van der Waals surface area contributed by atoms with Crippen LogP contribution in [-0.4, -0.2) is 18.6 Å². The van der Waals surface area contributed by atoms with Crippen LogP contribution in [0.25, 0.3) is 0 Å². The van der Waals surface area contributed by atoms with E-state index < -0.39 is 0 Å². The molecule has 1 aromatic heterocycles. The van der Waals surface area contributed by atoms with Crippen molar-refractivity contribution in [3.05, 3.63) is 59.8 Å². The maximum Gasteiger partial charge on any atom is 0.212 e. The van der Waals surface area contributed by atoms with Crippen molar-refractivity contribution in [1.29, 1.82) is 0 Å². The van der Waals surface area contributed by atoms with E-state index in [9.17, 15) is 0 Å². The number of ether oxygens (including phenoxy) is 1. The lowest BCUT2D eigenvalue weighted by Gasteiger charge is -2.12. The molecule has 2 rings (SSSR count). The molecule has 1 N–H and O–H groups in total. The normalized spacial score (nSPS) is 12.1. The van der Waals surface area contributed by atoms with Crippen molar-refractivity contribution in [2.24, 2.45) is 0 Å². The summed E-state index contributed by atoms with van der Waals surface area (Å²) >= 11 is 0. The van der Waals surface area contributed by atoms with Crippen LogP contribution in [0.3, 0.4) is 0 Å². The number of nitrogens with zero attached hydrogens (tertiary/aromatic N) is 1. The van der Waals surface area contributed by atoms with Gasteiger partial charge in [0.2, 0.25) is 5.88 Å². The summed E-state index contributed by atoms with van der Waals surface area (Å²) in [7, 11) is 1.63. The summed E-state index contributed by atoms with van der Waals surface area (Å²) in [5.41, 5.74) is 2.58. The fraction of sp³-hybridized carbons (Fsp3) is 0.353. The van der Waals surface area contributed by atoms with Gasteiger partial charge in [-0.2, -0.15) is 0 Å². The SMILES string of the molecule is COc1ccc(CNCCC(C)c2ccccc2)cn1. The largest absolute Gasteiger partial charge is 0.481 e. The van der Waals surface area contributed by atoms with Gasteiger partial charge in [0.25, 0.3) is 0 Å². The third kappa shape index (κ3) is 4.35. The van der Waals surface area contributed by atoms with Crippen molar-refractivity contribution in [3.63, 3.8) is 0 Å². The van der Waals surface area contributed by atoms with Crippen molar-refractivity contribution < 1.29 is 4.74 Å². The minimum absolute atomic E-state index is 0.581. The molecule has 0 radical (unpaired) electrons. The van der Waals surface area contributed by atoms with Crippen molar-refractivity contribution in [2.45, 2.75) is 25.8 Å². The second kappa shape index (κ2) is 7.65.